The van der Waals surface area contributed by atoms with Crippen LogP contribution in [-0.4, -0.2) is 101 Å². The summed E-state index contributed by atoms with van der Waals surface area (Å²) in [5.74, 6) is 1.17. The summed E-state index contributed by atoms with van der Waals surface area (Å²) in [6, 6.07) is 50.3. The lowest BCUT2D eigenvalue weighted by molar-refractivity contribution is -0.116. The number of hydrogen-bond donors (Lipinski definition) is 1. The van der Waals surface area contributed by atoms with Gasteiger partial charge in [-0.1, -0.05) is 174 Å². The van der Waals surface area contributed by atoms with Gasteiger partial charge in [-0.25, -0.2) is 9.46 Å². The minimum Gasteiger partial charge on any atom is -0.497 e. The molecule has 0 unspecified atom stereocenters. The lowest BCUT2D eigenvalue weighted by atomic mass is 9.80. The third-order valence-electron chi connectivity index (χ3n) is 16.4. The minimum absolute atomic E-state index is 0.0350. The van der Waals surface area contributed by atoms with Crippen molar-refractivity contribution in [2.45, 2.75) is 133 Å². The van der Waals surface area contributed by atoms with Gasteiger partial charge in [0.2, 0.25) is 14.2 Å². The molecule has 3 fully saturated rings. The molecule has 3 saturated heterocycles. The van der Waals surface area contributed by atoms with Crippen molar-refractivity contribution in [2.24, 2.45) is 0 Å². The van der Waals surface area contributed by atoms with Crippen molar-refractivity contribution < 1.29 is 42.0 Å². The van der Waals surface area contributed by atoms with Crippen LogP contribution in [0.3, 0.4) is 0 Å². The Morgan fingerprint density at radius 2 is 1.28 bits per heavy atom. The number of nitrogens with one attached hydrogen (secondary N) is 1. The molecular formula is C61H77N4O10PSi2. The number of nitrogens with zero attached hydrogens (tertiary/aromatic N) is 3. The molecule has 17 heteroatoms. The second-order valence-corrected chi connectivity index (χ2v) is 33.0. The molecule has 78 heavy (non-hydrogen) atoms. The van der Waals surface area contributed by atoms with Crippen LogP contribution in [0.25, 0.3) is 0 Å². The molecule has 14 nitrogen and oxygen atoms in total. The first-order chi connectivity index (χ1) is 37.6. The number of fused-ring (bicyclic) bond motifs is 1. The number of carbonyl (C=O) groups excluding carboxylic acids is 1. The van der Waals surface area contributed by atoms with E-state index in [-0.39, 0.29) is 53.9 Å². The molecular weight excluding hydrogens is 1040 g/mol. The fourth-order valence-electron chi connectivity index (χ4n) is 12.6. The molecule has 4 heterocycles. The highest BCUT2D eigenvalue weighted by atomic mass is 31.2. The molecule has 5 aromatic carbocycles. The first-order valence-electron chi connectivity index (χ1n) is 27.4. The summed E-state index contributed by atoms with van der Waals surface area (Å²) in [4.78, 5) is 30.9. The average molecular weight is 1110 g/mol. The Labute approximate surface area is 463 Å². The third kappa shape index (κ3) is 11.6. The molecule has 414 valence electrons. The van der Waals surface area contributed by atoms with Gasteiger partial charge in [0.15, 0.2) is 6.23 Å². The number of benzene rings is 5. The Morgan fingerprint density at radius 3 is 1.79 bits per heavy atom. The van der Waals surface area contributed by atoms with Gasteiger partial charge >= 0.3 is 5.69 Å². The standard InChI is InChI=1S/C61H77N4O10PSi2/c1-42(2)78(43(3)4,44(5)6)72-41-70-58-57(75-76-65-37-20-27-53(65)55(74-76)40-77(10,51-23-16-12-17-24-51)52-25-18-13-19-26-52)54(73-59(58)64-38-36-56(62-45(7)66)63-60(64)67)39-71-61(46-21-14-11-15-22-46,47-28-32-49(68-8)33-29-47)48-30-34-50(69-9)35-31-48/h11-19,21-26,28-36,38,42-44,53-55,57-59H,20,27,37,39-41H2,1-10H3,(H,62,63,66,67)/t53-,54+,55+,57+,58+,59+,76+/m0/s1. The summed E-state index contributed by atoms with van der Waals surface area (Å²) in [7, 11) is -3.26. The molecule has 0 bridgehead atoms. The van der Waals surface area contributed by atoms with E-state index in [9.17, 15) is 9.59 Å². The van der Waals surface area contributed by atoms with E-state index < -0.39 is 60.7 Å². The van der Waals surface area contributed by atoms with E-state index in [0.29, 0.717) is 11.5 Å². The third-order valence-corrected chi connectivity index (χ3v) is 28.6. The maximum absolute atomic E-state index is 14.4. The summed E-state index contributed by atoms with van der Waals surface area (Å²) >= 11 is 0. The zero-order chi connectivity index (χ0) is 55.2. The number of aromatic nitrogens is 2. The van der Waals surface area contributed by atoms with Gasteiger partial charge in [-0.15, -0.1) is 0 Å². The van der Waals surface area contributed by atoms with Crippen LogP contribution in [-0.2, 0) is 38.1 Å². The average Bonchev–Trinajstić information content (AvgIpc) is 4.32. The van der Waals surface area contributed by atoms with Gasteiger partial charge in [-0.05, 0) is 82.5 Å². The zero-order valence-corrected chi connectivity index (χ0v) is 49.6. The summed E-state index contributed by atoms with van der Waals surface area (Å²) in [5.41, 5.74) is 1.53. The van der Waals surface area contributed by atoms with E-state index in [2.05, 4.69) is 136 Å². The van der Waals surface area contributed by atoms with E-state index in [0.717, 1.165) is 42.1 Å². The fraction of sp³-hybridized carbons (Fsp3) is 0.426. The number of anilines is 1. The predicted octanol–water partition coefficient (Wildman–Crippen LogP) is 11.0. The van der Waals surface area contributed by atoms with Crippen molar-refractivity contribution in [1.29, 1.82) is 0 Å². The summed E-state index contributed by atoms with van der Waals surface area (Å²) in [5, 5.41) is 5.35. The van der Waals surface area contributed by atoms with Crippen molar-refractivity contribution in [2.75, 3.05) is 39.5 Å². The number of methoxy groups -OCH3 is 2. The van der Waals surface area contributed by atoms with E-state index in [1.807, 2.05) is 66.7 Å². The topological polar surface area (TPSA) is 141 Å². The lowest BCUT2D eigenvalue weighted by Gasteiger charge is -2.42. The molecule has 3 aliphatic rings. The molecule has 1 N–H and O–H groups in total. The van der Waals surface area contributed by atoms with Crippen LogP contribution in [0.15, 0.2) is 157 Å². The van der Waals surface area contributed by atoms with Gasteiger partial charge in [-0.2, -0.15) is 4.98 Å². The van der Waals surface area contributed by atoms with Crippen LogP contribution in [0, 0.1) is 0 Å². The second kappa shape index (κ2) is 25.0. The molecule has 9 rings (SSSR count). The van der Waals surface area contributed by atoms with Crippen molar-refractivity contribution >= 4 is 47.0 Å². The molecule has 7 atom stereocenters. The molecule has 0 spiro atoms. The van der Waals surface area contributed by atoms with Crippen LogP contribution in [0.1, 0.15) is 84.2 Å². The van der Waals surface area contributed by atoms with E-state index in [4.69, 9.17) is 37.2 Å². The van der Waals surface area contributed by atoms with Crippen molar-refractivity contribution in [1.82, 2.24) is 14.2 Å². The number of amides is 1. The molecule has 3 aliphatic heterocycles. The first kappa shape index (κ1) is 57.3. The Bertz CT molecular complexity index is 2850. The highest BCUT2D eigenvalue weighted by molar-refractivity contribution is 7.45. The Kier molecular flexibility index (Phi) is 18.4. The summed E-state index contributed by atoms with van der Waals surface area (Å²) < 4.78 is 59.2. The number of carbonyl (C=O) groups is 1. The quantitative estimate of drug-likeness (QED) is 0.0283. The Balaban J connectivity index is 1.15. The molecule has 0 saturated carbocycles. The monoisotopic (exact) mass is 1110 g/mol. The predicted molar refractivity (Wildman–Crippen MR) is 312 cm³/mol. The number of hydrogen-bond acceptors (Lipinski definition) is 12. The SMILES string of the molecule is COc1ccc(C(OC[C@H]2O[C@@H](n3ccc(NC(C)=O)nc3=O)[C@H](OCO[Si](C(C)C)(C(C)C)C(C)C)[C@@H]2O[P@@]2O[C@H](C[Si](C)(c3ccccc3)c3ccccc3)[C@@H]3CCCN32)(c2ccccc2)c2ccc(OC)cc2)cc1. The van der Waals surface area contributed by atoms with E-state index in [1.54, 1.807) is 26.5 Å². The number of rotatable bonds is 23. The van der Waals surface area contributed by atoms with Crippen molar-refractivity contribution in [3.05, 3.63) is 179 Å². The minimum atomic E-state index is -2.48. The molecule has 0 aliphatic carbocycles. The molecule has 0 radical (unpaired) electrons. The van der Waals surface area contributed by atoms with Gasteiger partial charge in [0, 0.05) is 25.7 Å². The normalized spacial score (nSPS) is 21.8. The van der Waals surface area contributed by atoms with Gasteiger partial charge in [0.1, 0.15) is 56.1 Å². The Hall–Kier alpha value is -5.37. The van der Waals surface area contributed by atoms with E-state index >= 15 is 0 Å². The van der Waals surface area contributed by atoms with Crippen LogP contribution in [0.2, 0.25) is 29.2 Å². The largest absolute Gasteiger partial charge is 0.497 e. The van der Waals surface area contributed by atoms with E-state index in [1.165, 1.54) is 21.9 Å². The van der Waals surface area contributed by atoms with Gasteiger partial charge < -0.3 is 42.5 Å². The van der Waals surface area contributed by atoms with Gasteiger partial charge in [0.25, 0.3) is 8.53 Å². The van der Waals surface area contributed by atoms with Gasteiger partial charge in [-0.3, -0.25) is 9.36 Å². The fourth-order valence-corrected chi connectivity index (χ4v) is 23.9. The second-order valence-electron chi connectivity index (χ2n) is 21.9. The molecule has 6 aromatic rings. The van der Waals surface area contributed by atoms with Crippen LogP contribution in [0.4, 0.5) is 5.82 Å². The van der Waals surface area contributed by atoms with Crippen LogP contribution >= 0.6 is 8.53 Å². The zero-order valence-electron chi connectivity index (χ0n) is 46.7. The van der Waals surface area contributed by atoms with Crippen molar-refractivity contribution in [3.63, 3.8) is 0 Å². The molecule has 1 aromatic heterocycles. The highest BCUT2D eigenvalue weighted by Gasteiger charge is 2.56. The van der Waals surface area contributed by atoms with Gasteiger partial charge in [0.05, 0.1) is 26.9 Å². The maximum Gasteiger partial charge on any atom is 0.351 e. The Morgan fingerprint density at radius 1 is 0.744 bits per heavy atom. The van der Waals surface area contributed by atoms with Crippen molar-refractivity contribution in [3.8, 4) is 11.5 Å². The summed E-state index contributed by atoms with van der Waals surface area (Å²) in [6.07, 6.45) is -0.292. The van der Waals surface area contributed by atoms with Crippen LogP contribution in [0.5, 0.6) is 11.5 Å². The first-order valence-corrected chi connectivity index (χ1v) is 33.4. The lowest BCUT2D eigenvalue weighted by Crippen LogP contribution is -2.58. The van der Waals surface area contributed by atoms with Crippen LogP contribution < -0.4 is 30.9 Å². The highest BCUT2D eigenvalue weighted by Crippen LogP contribution is 2.59. The summed E-state index contributed by atoms with van der Waals surface area (Å²) in [6.45, 7) is 18.0. The maximum atomic E-state index is 14.4. The molecule has 1 amide bonds. The smallest absolute Gasteiger partial charge is 0.351 e. The number of ether oxygens (including phenoxy) is 5.